The minimum Gasteiger partial charge on any atom is -0.327 e. The average Bonchev–Trinajstić information content (AvgIpc) is 3.00. The van der Waals surface area contributed by atoms with E-state index in [1.165, 1.54) is 4.90 Å². The van der Waals surface area contributed by atoms with Gasteiger partial charge in [-0.2, -0.15) is 5.10 Å². The van der Waals surface area contributed by atoms with Gasteiger partial charge < -0.3 is 5.32 Å². The molecule has 1 amide bonds. The third-order valence-electron chi connectivity index (χ3n) is 3.55. The molecule has 0 spiro atoms. The topological polar surface area (TPSA) is 50.2 Å². The first-order chi connectivity index (χ1) is 11.0. The number of hydrogen-bond acceptors (Lipinski definition) is 3. The van der Waals surface area contributed by atoms with Crippen LogP contribution in [-0.2, 0) is 11.3 Å². The molecule has 2 heterocycles. The van der Waals surface area contributed by atoms with Gasteiger partial charge in [0.15, 0.2) is 5.11 Å². The standard InChI is InChI=1S/C16H15ClN4OS/c1-3-20-14(12(17)9-18-20)8-13-15(22)21(16(23)19-13)11-6-4-5-10(2)7-11/h4-9H,3H2,1-2H3,(H,19,23)/b13-8+. The van der Waals surface area contributed by atoms with Crippen LogP contribution in [0.4, 0.5) is 5.69 Å². The van der Waals surface area contributed by atoms with Crippen molar-refractivity contribution in [1.29, 1.82) is 0 Å². The molecule has 1 saturated heterocycles. The summed E-state index contributed by atoms with van der Waals surface area (Å²) in [6, 6.07) is 7.63. The molecule has 0 radical (unpaired) electrons. The van der Waals surface area contributed by atoms with Gasteiger partial charge in [0.05, 0.1) is 22.6 Å². The Morgan fingerprint density at radius 1 is 1.43 bits per heavy atom. The van der Waals surface area contributed by atoms with Crippen LogP contribution < -0.4 is 10.2 Å². The van der Waals surface area contributed by atoms with Crippen LogP contribution >= 0.6 is 23.8 Å². The Balaban J connectivity index is 1.98. The van der Waals surface area contributed by atoms with E-state index < -0.39 is 0 Å². The number of nitrogens with one attached hydrogen (secondary N) is 1. The van der Waals surface area contributed by atoms with E-state index in [-0.39, 0.29) is 5.91 Å². The molecule has 0 bridgehead atoms. The number of halogens is 1. The Labute approximate surface area is 144 Å². The summed E-state index contributed by atoms with van der Waals surface area (Å²) in [6.07, 6.45) is 3.25. The molecule has 1 aromatic heterocycles. The Kier molecular flexibility index (Phi) is 4.19. The molecule has 3 rings (SSSR count). The maximum Gasteiger partial charge on any atom is 0.281 e. The van der Waals surface area contributed by atoms with E-state index in [2.05, 4.69) is 10.4 Å². The van der Waals surface area contributed by atoms with Crippen LogP contribution in [0.25, 0.3) is 6.08 Å². The second kappa shape index (κ2) is 6.14. The van der Waals surface area contributed by atoms with Crippen LogP contribution in [0, 0.1) is 6.92 Å². The first kappa shape index (κ1) is 15.7. The Hall–Kier alpha value is -2.18. The lowest BCUT2D eigenvalue weighted by atomic mass is 10.2. The number of benzene rings is 1. The highest BCUT2D eigenvalue weighted by molar-refractivity contribution is 7.80. The molecular weight excluding hydrogens is 332 g/mol. The molecule has 2 aromatic rings. The number of carbonyl (C=O) groups excluding carboxylic acids is 1. The van der Waals surface area contributed by atoms with Crippen molar-refractivity contribution in [3.63, 3.8) is 0 Å². The van der Waals surface area contributed by atoms with Crippen molar-refractivity contribution in [2.75, 3.05) is 4.90 Å². The molecule has 1 fully saturated rings. The summed E-state index contributed by atoms with van der Waals surface area (Å²) in [6.45, 7) is 4.59. The van der Waals surface area contributed by atoms with E-state index in [0.717, 1.165) is 11.3 Å². The SMILES string of the molecule is CCn1ncc(Cl)c1/C=C1/NC(=S)N(c2cccc(C)c2)C1=O. The second-order valence-corrected chi connectivity index (χ2v) is 5.96. The van der Waals surface area contributed by atoms with Gasteiger partial charge in [0, 0.05) is 6.54 Å². The number of aromatic nitrogens is 2. The van der Waals surface area contributed by atoms with E-state index in [1.54, 1.807) is 17.0 Å². The van der Waals surface area contributed by atoms with Crippen molar-refractivity contribution in [3.8, 4) is 0 Å². The van der Waals surface area contributed by atoms with Gasteiger partial charge in [-0.25, -0.2) is 0 Å². The Bertz CT molecular complexity index is 827. The maximum absolute atomic E-state index is 12.7. The first-order valence-electron chi connectivity index (χ1n) is 7.16. The van der Waals surface area contributed by atoms with Crippen molar-refractivity contribution in [2.24, 2.45) is 0 Å². The summed E-state index contributed by atoms with van der Waals surface area (Å²) >= 11 is 11.5. The number of aryl methyl sites for hydroxylation is 2. The summed E-state index contributed by atoms with van der Waals surface area (Å²) in [5.74, 6) is -0.208. The number of anilines is 1. The van der Waals surface area contributed by atoms with Gasteiger partial charge in [0.1, 0.15) is 5.70 Å². The zero-order valence-corrected chi connectivity index (χ0v) is 14.3. The highest BCUT2D eigenvalue weighted by Crippen LogP contribution is 2.25. The summed E-state index contributed by atoms with van der Waals surface area (Å²) in [4.78, 5) is 14.2. The fraction of sp³-hybridized carbons (Fsp3) is 0.188. The van der Waals surface area contributed by atoms with Crippen molar-refractivity contribution < 1.29 is 4.79 Å². The number of amides is 1. The van der Waals surface area contributed by atoms with E-state index in [9.17, 15) is 4.79 Å². The molecule has 23 heavy (non-hydrogen) atoms. The summed E-state index contributed by atoms with van der Waals surface area (Å²) in [5, 5.41) is 7.97. The normalized spacial score (nSPS) is 16.3. The fourth-order valence-electron chi connectivity index (χ4n) is 2.44. The molecule has 1 aliphatic rings. The average molecular weight is 347 g/mol. The largest absolute Gasteiger partial charge is 0.327 e. The molecule has 5 nitrogen and oxygen atoms in total. The number of nitrogens with zero attached hydrogens (tertiary/aromatic N) is 3. The molecular formula is C16H15ClN4OS. The van der Waals surface area contributed by atoms with E-state index in [1.807, 2.05) is 38.1 Å². The number of carbonyl (C=O) groups is 1. The lowest BCUT2D eigenvalue weighted by Crippen LogP contribution is -2.30. The van der Waals surface area contributed by atoms with Crippen LogP contribution in [-0.4, -0.2) is 20.8 Å². The van der Waals surface area contributed by atoms with Crippen molar-refractivity contribution in [1.82, 2.24) is 15.1 Å². The molecule has 0 saturated carbocycles. The van der Waals surface area contributed by atoms with Crippen LogP contribution in [0.3, 0.4) is 0 Å². The Morgan fingerprint density at radius 3 is 2.91 bits per heavy atom. The van der Waals surface area contributed by atoms with Gasteiger partial charge in [-0.05, 0) is 49.8 Å². The zero-order valence-electron chi connectivity index (χ0n) is 12.7. The summed E-state index contributed by atoms with van der Waals surface area (Å²) in [5.41, 5.74) is 2.86. The molecule has 1 N–H and O–H groups in total. The highest BCUT2D eigenvalue weighted by Gasteiger charge is 2.32. The highest BCUT2D eigenvalue weighted by atomic mass is 35.5. The van der Waals surface area contributed by atoms with Gasteiger partial charge in [0.2, 0.25) is 0 Å². The van der Waals surface area contributed by atoms with Crippen molar-refractivity contribution in [2.45, 2.75) is 20.4 Å². The molecule has 0 atom stereocenters. The van der Waals surface area contributed by atoms with E-state index in [0.29, 0.717) is 28.1 Å². The summed E-state index contributed by atoms with van der Waals surface area (Å²) in [7, 11) is 0. The van der Waals surface area contributed by atoms with Crippen molar-refractivity contribution in [3.05, 3.63) is 52.4 Å². The smallest absolute Gasteiger partial charge is 0.281 e. The van der Waals surface area contributed by atoms with Crippen molar-refractivity contribution >= 4 is 46.6 Å². The van der Waals surface area contributed by atoms with Crippen LogP contribution in [0.5, 0.6) is 0 Å². The lowest BCUT2D eigenvalue weighted by Gasteiger charge is -2.14. The number of hydrogen-bond donors (Lipinski definition) is 1. The lowest BCUT2D eigenvalue weighted by molar-refractivity contribution is -0.113. The zero-order chi connectivity index (χ0) is 16.6. The number of thiocarbonyl (C=S) groups is 1. The third kappa shape index (κ3) is 2.87. The van der Waals surface area contributed by atoms with Gasteiger partial charge in [0.25, 0.3) is 5.91 Å². The van der Waals surface area contributed by atoms with Crippen LogP contribution in [0.1, 0.15) is 18.2 Å². The fourth-order valence-corrected chi connectivity index (χ4v) is 2.93. The second-order valence-electron chi connectivity index (χ2n) is 5.16. The van der Waals surface area contributed by atoms with E-state index >= 15 is 0 Å². The molecule has 118 valence electrons. The van der Waals surface area contributed by atoms with Gasteiger partial charge >= 0.3 is 0 Å². The van der Waals surface area contributed by atoms with Gasteiger partial charge in [-0.15, -0.1) is 0 Å². The third-order valence-corrected chi connectivity index (χ3v) is 4.13. The van der Waals surface area contributed by atoms with Gasteiger partial charge in [-0.3, -0.25) is 14.4 Å². The molecule has 7 heteroatoms. The quantitative estimate of drug-likeness (QED) is 0.685. The molecule has 0 unspecified atom stereocenters. The minimum absolute atomic E-state index is 0.208. The van der Waals surface area contributed by atoms with Crippen LogP contribution in [0.15, 0.2) is 36.2 Å². The predicted octanol–water partition coefficient (Wildman–Crippen LogP) is 3.13. The first-order valence-corrected chi connectivity index (χ1v) is 7.95. The Morgan fingerprint density at radius 2 is 2.22 bits per heavy atom. The predicted molar refractivity (Wildman–Crippen MR) is 95.3 cm³/mol. The van der Waals surface area contributed by atoms with E-state index in [4.69, 9.17) is 23.8 Å². The number of rotatable bonds is 3. The molecule has 0 aliphatic carbocycles. The monoisotopic (exact) mass is 346 g/mol. The maximum atomic E-state index is 12.7. The minimum atomic E-state index is -0.208. The van der Waals surface area contributed by atoms with Crippen LogP contribution in [0.2, 0.25) is 5.02 Å². The molecule has 1 aromatic carbocycles. The molecule has 1 aliphatic heterocycles. The van der Waals surface area contributed by atoms with Gasteiger partial charge in [-0.1, -0.05) is 23.7 Å². The summed E-state index contributed by atoms with van der Waals surface area (Å²) < 4.78 is 1.72.